The molecular weight excluding hydrogens is 224 g/mol. The van der Waals surface area contributed by atoms with Crippen LogP contribution in [0.25, 0.3) is 0 Å². The zero-order valence-corrected chi connectivity index (χ0v) is 11.0. The first-order chi connectivity index (χ1) is 8.83. The molecule has 1 amide bonds. The van der Waals surface area contributed by atoms with E-state index in [-0.39, 0.29) is 0 Å². The van der Waals surface area contributed by atoms with Crippen LogP contribution in [0.2, 0.25) is 0 Å². The lowest BCUT2D eigenvalue weighted by molar-refractivity contribution is -0.122. The van der Waals surface area contributed by atoms with Gasteiger partial charge < -0.3 is 10.6 Å². The topological polar surface area (TPSA) is 41.1 Å². The van der Waals surface area contributed by atoms with E-state index < -0.39 is 0 Å². The average Bonchev–Trinajstić information content (AvgIpc) is 2.79. The second kappa shape index (κ2) is 4.22. The molecule has 4 rings (SSSR count). The Labute approximate surface area is 109 Å². The van der Waals surface area contributed by atoms with E-state index >= 15 is 0 Å². The van der Waals surface area contributed by atoms with Crippen molar-refractivity contribution in [3.63, 3.8) is 0 Å². The lowest BCUT2D eigenvalue weighted by atomic mass is 9.94. The van der Waals surface area contributed by atoms with Gasteiger partial charge in [0.05, 0.1) is 0 Å². The van der Waals surface area contributed by atoms with Crippen LogP contribution in [-0.4, -0.2) is 25.0 Å². The molecule has 18 heavy (non-hydrogen) atoms. The third-order valence-electron chi connectivity index (χ3n) is 6.00. The van der Waals surface area contributed by atoms with Gasteiger partial charge in [-0.2, -0.15) is 0 Å². The van der Waals surface area contributed by atoms with Gasteiger partial charge in [0.15, 0.2) is 0 Å². The number of fused-ring (bicyclic) bond motifs is 5. The summed E-state index contributed by atoms with van der Waals surface area (Å²) in [6.07, 6.45) is 7.47. The van der Waals surface area contributed by atoms with Crippen molar-refractivity contribution in [3.8, 4) is 0 Å². The molecule has 0 spiro atoms. The Balaban J connectivity index is 1.27. The van der Waals surface area contributed by atoms with Crippen LogP contribution in [0.3, 0.4) is 0 Å². The zero-order valence-electron chi connectivity index (χ0n) is 11.0. The molecule has 1 heterocycles. The summed E-state index contributed by atoms with van der Waals surface area (Å²) in [5.41, 5.74) is 0. The summed E-state index contributed by atoms with van der Waals surface area (Å²) in [6, 6.07) is 0.575. The highest BCUT2D eigenvalue weighted by Gasteiger charge is 2.65. The summed E-state index contributed by atoms with van der Waals surface area (Å²) in [5.74, 6) is 4.64. The van der Waals surface area contributed by atoms with Crippen LogP contribution in [0.1, 0.15) is 38.5 Å². The van der Waals surface area contributed by atoms with Gasteiger partial charge in [-0.05, 0) is 74.8 Å². The predicted molar refractivity (Wildman–Crippen MR) is 70.0 cm³/mol. The minimum atomic E-state index is 0.334. The van der Waals surface area contributed by atoms with Crippen molar-refractivity contribution in [2.45, 2.75) is 44.6 Å². The minimum absolute atomic E-state index is 0.334. The van der Waals surface area contributed by atoms with Gasteiger partial charge in [-0.25, -0.2) is 0 Å². The first-order valence-electron chi connectivity index (χ1n) is 7.83. The summed E-state index contributed by atoms with van der Waals surface area (Å²) < 4.78 is 0. The molecule has 2 bridgehead atoms. The zero-order chi connectivity index (χ0) is 12.1. The highest BCUT2D eigenvalue weighted by Crippen LogP contribution is 2.65. The third kappa shape index (κ3) is 1.78. The minimum Gasteiger partial charge on any atom is -0.353 e. The summed E-state index contributed by atoms with van der Waals surface area (Å²) >= 11 is 0. The Morgan fingerprint density at radius 3 is 2.39 bits per heavy atom. The summed E-state index contributed by atoms with van der Waals surface area (Å²) in [7, 11) is 0. The van der Waals surface area contributed by atoms with Crippen LogP contribution in [0.15, 0.2) is 0 Å². The second-order valence-corrected chi connectivity index (χ2v) is 6.98. The number of nitrogens with one attached hydrogen (secondary N) is 2. The monoisotopic (exact) mass is 248 g/mol. The van der Waals surface area contributed by atoms with Crippen LogP contribution in [0, 0.1) is 29.6 Å². The standard InChI is InChI=1S/C15H24N2O/c18-12(7-9-3-5-16-6-4-9)17-15-13-10-1-2-11(8-10)14(13)15/h9-11,13-16H,1-8H2,(H,17,18). The van der Waals surface area contributed by atoms with E-state index in [1.165, 1.54) is 32.1 Å². The van der Waals surface area contributed by atoms with Gasteiger partial charge in [-0.1, -0.05) is 0 Å². The van der Waals surface area contributed by atoms with Crippen molar-refractivity contribution < 1.29 is 4.79 Å². The maximum atomic E-state index is 12.1. The number of carbonyl (C=O) groups excluding carboxylic acids is 1. The van der Waals surface area contributed by atoms with E-state index in [0.717, 1.165) is 43.2 Å². The fourth-order valence-corrected chi connectivity index (χ4v) is 5.11. The van der Waals surface area contributed by atoms with Crippen LogP contribution < -0.4 is 10.6 Å². The van der Waals surface area contributed by atoms with Crippen LogP contribution in [0.4, 0.5) is 0 Å². The van der Waals surface area contributed by atoms with Crippen molar-refractivity contribution in [2.24, 2.45) is 29.6 Å². The second-order valence-electron chi connectivity index (χ2n) is 6.98. The summed E-state index contributed by atoms with van der Waals surface area (Å²) in [5, 5.41) is 6.71. The molecule has 0 aromatic carbocycles. The van der Waals surface area contributed by atoms with Crippen molar-refractivity contribution >= 4 is 5.91 Å². The third-order valence-corrected chi connectivity index (χ3v) is 6.00. The van der Waals surface area contributed by atoms with Gasteiger partial charge in [-0.3, -0.25) is 4.79 Å². The number of amides is 1. The van der Waals surface area contributed by atoms with Gasteiger partial charge in [0.25, 0.3) is 0 Å². The van der Waals surface area contributed by atoms with Crippen molar-refractivity contribution in [3.05, 3.63) is 0 Å². The van der Waals surface area contributed by atoms with Crippen molar-refractivity contribution in [1.82, 2.24) is 10.6 Å². The molecule has 1 saturated heterocycles. The number of piperidine rings is 1. The molecular formula is C15H24N2O. The van der Waals surface area contributed by atoms with E-state index in [2.05, 4.69) is 10.6 Å². The van der Waals surface area contributed by atoms with Gasteiger partial charge in [0.2, 0.25) is 5.91 Å². The Morgan fingerprint density at radius 2 is 1.72 bits per heavy atom. The van der Waals surface area contributed by atoms with E-state index in [1.807, 2.05) is 0 Å². The molecule has 3 nitrogen and oxygen atoms in total. The smallest absolute Gasteiger partial charge is 0.220 e. The number of hydrogen-bond acceptors (Lipinski definition) is 2. The molecule has 4 unspecified atom stereocenters. The Hall–Kier alpha value is -0.570. The number of hydrogen-bond donors (Lipinski definition) is 2. The fraction of sp³-hybridized carbons (Fsp3) is 0.933. The van der Waals surface area contributed by atoms with E-state index in [4.69, 9.17) is 0 Å². The summed E-state index contributed by atoms with van der Waals surface area (Å²) in [6.45, 7) is 2.19. The van der Waals surface area contributed by atoms with Crippen LogP contribution >= 0.6 is 0 Å². The molecule has 3 aliphatic carbocycles. The average molecular weight is 248 g/mol. The SMILES string of the molecule is O=C(CC1CCNCC1)NC1C2C3CCC(C3)C12. The van der Waals surface area contributed by atoms with Crippen molar-refractivity contribution in [1.29, 1.82) is 0 Å². The maximum Gasteiger partial charge on any atom is 0.220 e. The molecule has 3 heteroatoms. The molecule has 4 atom stereocenters. The molecule has 0 aromatic rings. The number of rotatable bonds is 3. The highest BCUT2D eigenvalue weighted by molar-refractivity contribution is 5.77. The Kier molecular flexibility index (Phi) is 2.65. The van der Waals surface area contributed by atoms with E-state index in [1.54, 1.807) is 0 Å². The Bertz CT molecular complexity index is 334. The molecule has 4 fully saturated rings. The number of carbonyl (C=O) groups is 1. The van der Waals surface area contributed by atoms with Gasteiger partial charge >= 0.3 is 0 Å². The quantitative estimate of drug-likeness (QED) is 0.795. The fourth-order valence-electron chi connectivity index (χ4n) is 5.11. The first kappa shape index (κ1) is 11.3. The molecule has 0 aromatic heterocycles. The molecule has 100 valence electrons. The molecule has 4 aliphatic rings. The summed E-state index contributed by atoms with van der Waals surface area (Å²) in [4.78, 5) is 12.1. The van der Waals surface area contributed by atoms with Gasteiger partial charge in [-0.15, -0.1) is 0 Å². The largest absolute Gasteiger partial charge is 0.353 e. The molecule has 0 radical (unpaired) electrons. The van der Waals surface area contributed by atoms with Crippen LogP contribution in [-0.2, 0) is 4.79 Å². The highest BCUT2D eigenvalue weighted by atomic mass is 16.1. The van der Waals surface area contributed by atoms with Crippen LogP contribution in [0.5, 0.6) is 0 Å². The van der Waals surface area contributed by atoms with E-state index in [0.29, 0.717) is 17.9 Å². The molecule has 1 aliphatic heterocycles. The van der Waals surface area contributed by atoms with Gasteiger partial charge in [0, 0.05) is 12.5 Å². The lowest BCUT2D eigenvalue weighted by Gasteiger charge is -2.22. The predicted octanol–water partition coefficient (Wildman–Crippen LogP) is 1.54. The van der Waals surface area contributed by atoms with Crippen molar-refractivity contribution in [2.75, 3.05) is 13.1 Å². The van der Waals surface area contributed by atoms with Gasteiger partial charge in [0.1, 0.15) is 0 Å². The first-order valence-corrected chi connectivity index (χ1v) is 7.83. The van der Waals surface area contributed by atoms with E-state index in [9.17, 15) is 4.79 Å². The lowest BCUT2D eigenvalue weighted by Crippen LogP contribution is -2.34. The maximum absolute atomic E-state index is 12.1. The Morgan fingerprint density at radius 1 is 1.06 bits per heavy atom. The normalized spacial score (nSPS) is 45.9. The molecule has 2 N–H and O–H groups in total. The molecule has 3 saturated carbocycles.